The first-order valence-electron chi connectivity index (χ1n) is 8.84. The van der Waals surface area contributed by atoms with Gasteiger partial charge in [0.25, 0.3) is 5.91 Å². The van der Waals surface area contributed by atoms with Gasteiger partial charge in [-0.05, 0) is 57.6 Å². The third-order valence-corrected chi connectivity index (χ3v) is 5.08. The van der Waals surface area contributed by atoms with Crippen LogP contribution in [0.1, 0.15) is 45.4 Å². The minimum atomic E-state index is -0.557. The molecule has 0 unspecified atom stereocenters. The molecule has 0 spiro atoms. The van der Waals surface area contributed by atoms with E-state index in [2.05, 4.69) is 24.3 Å². The monoisotopic (exact) mass is 336 g/mol. The number of carbonyl (C=O) groups is 1. The highest BCUT2D eigenvalue weighted by Gasteiger charge is 2.35. The van der Waals surface area contributed by atoms with Crippen LogP contribution in [-0.2, 0) is 4.79 Å². The van der Waals surface area contributed by atoms with Gasteiger partial charge in [-0.3, -0.25) is 4.79 Å². The van der Waals surface area contributed by atoms with Crippen molar-refractivity contribution in [3.05, 3.63) is 30.1 Å². The van der Waals surface area contributed by atoms with Gasteiger partial charge in [0, 0.05) is 12.1 Å². The molecule has 1 amide bonds. The Morgan fingerprint density at radius 1 is 1.25 bits per heavy atom. The molecule has 1 aliphatic rings. The molecule has 24 heavy (non-hydrogen) atoms. The first-order valence-corrected chi connectivity index (χ1v) is 8.84. The number of ether oxygens (including phenoxy) is 1. The summed E-state index contributed by atoms with van der Waals surface area (Å²) in [7, 11) is 4.17. The number of hydrogen-bond acceptors (Lipinski definition) is 3. The SMILES string of the molecule is CC[C@@H](Oc1ccc(F)cc1)C(=O)NCC1(N(C)C)CCCCC1. The van der Waals surface area contributed by atoms with Crippen LogP contribution in [0.3, 0.4) is 0 Å². The molecule has 0 heterocycles. The van der Waals surface area contributed by atoms with Gasteiger partial charge in [-0.25, -0.2) is 4.39 Å². The maximum Gasteiger partial charge on any atom is 0.261 e. The summed E-state index contributed by atoms with van der Waals surface area (Å²) in [4.78, 5) is 14.8. The van der Waals surface area contributed by atoms with Crippen LogP contribution in [-0.4, -0.2) is 43.1 Å². The van der Waals surface area contributed by atoms with E-state index in [0.29, 0.717) is 18.7 Å². The van der Waals surface area contributed by atoms with Gasteiger partial charge in [-0.1, -0.05) is 26.2 Å². The summed E-state index contributed by atoms with van der Waals surface area (Å²) in [5.74, 6) is 0.0945. The molecule has 0 radical (unpaired) electrons. The van der Waals surface area contributed by atoms with Crippen LogP contribution in [0.15, 0.2) is 24.3 Å². The number of amides is 1. The van der Waals surface area contributed by atoms with Gasteiger partial charge >= 0.3 is 0 Å². The molecule has 1 aromatic rings. The normalized spacial score (nSPS) is 18.2. The average Bonchev–Trinajstić information content (AvgIpc) is 2.60. The molecule has 1 N–H and O–H groups in total. The molecule has 1 saturated carbocycles. The van der Waals surface area contributed by atoms with Crippen LogP contribution in [0, 0.1) is 5.82 Å². The standard InChI is InChI=1S/C19H29FN2O2/c1-4-17(24-16-10-8-15(20)9-11-16)18(23)21-14-19(22(2)3)12-6-5-7-13-19/h8-11,17H,4-7,12-14H2,1-3H3,(H,21,23)/t17-/m1/s1. The molecular formula is C19H29FN2O2. The Kier molecular flexibility index (Phi) is 6.60. The number of benzene rings is 1. The van der Waals surface area contributed by atoms with Crippen LogP contribution >= 0.6 is 0 Å². The third kappa shape index (κ3) is 4.69. The quantitative estimate of drug-likeness (QED) is 0.830. The Bertz CT molecular complexity index is 525. The molecule has 1 aliphatic carbocycles. The fourth-order valence-electron chi connectivity index (χ4n) is 3.36. The van der Waals surface area contributed by atoms with Crippen molar-refractivity contribution in [1.29, 1.82) is 0 Å². The molecular weight excluding hydrogens is 307 g/mol. The lowest BCUT2D eigenvalue weighted by Crippen LogP contribution is -2.55. The molecule has 2 rings (SSSR count). The predicted molar refractivity (Wildman–Crippen MR) is 93.6 cm³/mol. The Labute approximate surface area is 144 Å². The maximum absolute atomic E-state index is 13.0. The minimum absolute atomic E-state index is 0.0437. The fraction of sp³-hybridized carbons (Fsp3) is 0.632. The van der Waals surface area contributed by atoms with Crippen LogP contribution in [0.4, 0.5) is 4.39 Å². The highest BCUT2D eigenvalue weighted by molar-refractivity contribution is 5.81. The summed E-state index contributed by atoms with van der Waals surface area (Å²) >= 11 is 0. The van der Waals surface area contributed by atoms with Crippen molar-refractivity contribution < 1.29 is 13.9 Å². The van der Waals surface area contributed by atoms with Crippen LogP contribution in [0.5, 0.6) is 5.75 Å². The lowest BCUT2D eigenvalue weighted by atomic mass is 9.80. The third-order valence-electron chi connectivity index (χ3n) is 5.08. The number of nitrogens with zero attached hydrogens (tertiary/aromatic N) is 1. The molecule has 0 aliphatic heterocycles. The van der Waals surface area contributed by atoms with Gasteiger partial charge in [-0.2, -0.15) is 0 Å². The average molecular weight is 336 g/mol. The smallest absolute Gasteiger partial charge is 0.261 e. The summed E-state index contributed by atoms with van der Waals surface area (Å²) in [5, 5.41) is 3.08. The lowest BCUT2D eigenvalue weighted by molar-refractivity contribution is -0.128. The van der Waals surface area contributed by atoms with E-state index in [0.717, 1.165) is 12.8 Å². The fourth-order valence-corrected chi connectivity index (χ4v) is 3.36. The molecule has 134 valence electrons. The number of hydrogen-bond donors (Lipinski definition) is 1. The van der Waals surface area contributed by atoms with Gasteiger partial charge in [0.15, 0.2) is 6.10 Å². The molecule has 1 aromatic carbocycles. The van der Waals surface area contributed by atoms with Gasteiger partial charge in [-0.15, -0.1) is 0 Å². The van der Waals surface area contributed by atoms with Crippen molar-refractivity contribution in [3.8, 4) is 5.75 Å². The van der Waals surface area contributed by atoms with Crippen LogP contribution in [0.25, 0.3) is 0 Å². The van der Waals surface area contributed by atoms with E-state index in [4.69, 9.17) is 4.74 Å². The number of rotatable bonds is 7. The second-order valence-corrected chi connectivity index (χ2v) is 6.87. The van der Waals surface area contributed by atoms with E-state index >= 15 is 0 Å². The van der Waals surface area contributed by atoms with E-state index in [1.165, 1.54) is 31.4 Å². The Hall–Kier alpha value is -1.62. The lowest BCUT2D eigenvalue weighted by Gasteiger charge is -2.43. The van der Waals surface area contributed by atoms with Gasteiger partial charge < -0.3 is 15.0 Å². The van der Waals surface area contributed by atoms with Crippen LogP contribution < -0.4 is 10.1 Å². The molecule has 4 nitrogen and oxygen atoms in total. The van der Waals surface area contributed by atoms with Crippen molar-refractivity contribution >= 4 is 5.91 Å². The number of nitrogens with one attached hydrogen (secondary N) is 1. The highest BCUT2D eigenvalue weighted by atomic mass is 19.1. The zero-order chi connectivity index (χ0) is 17.6. The number of likely N-dealkylation sites (N-methyl/N-ethyl adjacent to an activating group) is 1. The minimum Gasteiger partial charge on any atom is -0.481 e. The Morgan fingerprint density at radius 2 is 1.88 bits per heavy atom. The predicted octanol–water partition coefficient (Wildman–Crippen LogP) is 3.36. The van der Waals surface area contributed by atoms with Gasteiger partial charge in [0.05, 0.1) is 0 Å². The van der Waals surface area contributed by atoms with Crippen molar-refractivity contribution in [2.24, 2.45) is 0 Å². The van der Waals surface area contributed by atoms with Crippen molar-refractivity contribution in [1.82, 2.24) is 10.2 Å². The topological polar surface area (TPSA) is 41.6 Å². The molecule has 1 atom stereocenters. The zero-order valence-electron chi connectivity index (χ0n) is 15.0. The maximum atomic E-state index is 13.0. The number of carbonyl (C=O) groups excluding carboxylic acids is 1. The number of halogens is 1. The molecule has 0 aromatic heterocycles. The highest BCUT2D eigenvalue weighted by Crippen LogP contribution is 2.31. The summed E-state index contributed by atoms with van der Waals surface area (Å²) in [6.07, 6.45) is 5.91. The van der Waals surface area contributed by atoms with Crippen molar-refractivity contribution in [3.63, 3.8) is 0 Å². The van der Waals surface area contributed by atoms with E-state index in [9.17, 15) is 9.18 Å². The van der Waals surface area contributed by atoms with Crippen molar-refractivity contribution in [2.75, 3.05) is 20.6 Å². The Morgan fingerprint density at radius 3 is 2.42 bits per heavy atom. The summed E-state index contributed by atoms with van der Waals surface area (Å²) in [6, 6.07) is 5.77. The first kappa shape index (κ1) is 18.7. The van der Waals surface area contributed by atoms with Crippen LogP contribution in [0.2, 0.25) is 0 Å². The van der Waals surface area contributed by atoms with E-state index in [1.807, 2.05) is 6.92 Å². The zero-order valence-corrected chi connectivity index (χ0v) is 15.0. The van der Waals surface area contributed by atoms with Gasteiger partial charge in [0.1, 0.15) is 11.6 Å². The molecule has 5 heteroatoms. The van der Waals surface area contributed by atoms with Gasteiger partial charge in [0.2, 0.25) is 0 Å². The molecule has 0 bridgehead atoms. The second kappa shape index (κ2) is 8.47. The summed E-state index contributed by atoms with van der Waals surface area (Å²) < 4.78 is 18.7. The molecule has 1 fully saturated rings. The summed E-state index contributed by atoms with van der Waals surface area (Å²) in [6.45, 7) is 2.55. The molecule has 0 saturated heterocycles. The largest absolute Gasteiger partial charge is 0.481 e. The second-order valence-electron chi connectivity index (χ2n) is 6.87. The van der Waals surface area contributed by atoms with E-state index in [-0.39, 0.29) is 17.3 Å². The van der Waals surface area contributed by atoms with E-state index < -0.39 is 6.10 Å². The Balaban J connectivity index is 1.94. The van der Waals surface area contributed by atoms with Crippen molar-refractivity contribution in [2.45, 2.75) is 57.1 Å². The van der Waals surface area contributed by atoms with E-state index in [1.54, 1.807) is 12.1 Å². The summed E-state index contributed by atoms with van der Waals surface area (Å²) in [5.41, 5.74) is 0.0437. The first-order chi connectivity index (χ1) is 11.5.